The molecule has 1 aliphatic carbocycles. The Balaban J connectivity index is 1.81. The molecule has 1 fully saturated rings. The third-order valence-corrected chi connectivity index (χ3v) is 4.42. The fourth-order valence-corrected chi connectivity index (χ4v) is 2.55. The second kappa shape index (κ2) is 6.48. The number of benzene rings is 1. The van der Waals surface area contributed by atoms with E-state index in [9.17, 15) is 9.90 Å². The minimum Gasteiger partial charge on any atom is -0.394 e. The number of aryl methyl sites for hydroxylation is 1. The van der Waals surface area contributed by atoms with Gasteiger partial charge in [-0.15, -0.1) is 0 Å². The summed E-state index contributed by atoms with van der Waals surface area (Å²) in [6.45, 7) is 6.64. The fraction of sp³-hybridized carbons (Fsp3) is 0.588. The van der Waals surface area contributed by atoms with E-state index in [1.165, 1.54) is 11.1 Å². The highest BCUT2D eigenvalue weighted by Gasteiger charge is 2.42. The second-order valence-electron chi connectivity index (χ2n) is 6.50. The van der Waals surface area contributed by atoms with Gasteiger partial charge in [0.1, 0.15) is 0 Å². The zero-order valence-electron chi connectivity index (χ0n) is 13.1. The van der Waals surface area contributed by atoms with E-state index in [1.54, 1.807) is 0 Å². The van der Waals surface area contributed by atoms with Crippen LogP contribution in [0.15, 0.2) is 24.3 Å². The zero-order valence-corrected chi connectivity index (χ0v) is 13.1. The van der Waals surface area contributed by atoms with Crippen LogP contribution in [0.1, 0.15) is 43.7 Å². The Morgan fingerprint density at radius 2 is 2.00 bits per heavy atom. The molecule has 4 nitrogen and oxygen atoms in total. The number of hydrogen-bond donors (Lipinski definition) is 3. The average Bonchev–Trinajstić information content (AvgIpc) is 3.30. The Kier molecular flexibility index (Phi) is 4.88. The molecule has 0 aromatic heterocycles. The van der Waals surface area contributed by atoms with Crippen molar-refractivity contribution in [3.8, 4) is 0 Å². The van der Waals surface area contributed by atoms with Crippen molar-refractivity contribution >= 4 is 6.03 Å². The van der Waals surface area contributed by atoms with Gasteiger partial charge in [0.25, 0.3) is 0 Å². The van der Waals surface area contributed by atoms with Crippen molar-refractivity contribution in [2.75, 3.05) is 13.2 Å². The monoisotopic (exact) mass is 290 g/mol. The van der Waals surface area contributed by atoms with E-state index in [4.69, 9.17) is 0 Å². The first-order chi connectivity index (χ1) is 9.94. The summed E-state index contributed by atoms with van der Waals surface area (Å²) in [5, 5.41) is 15.3. The maximum atomic E-state index is 12.0. The van der Waals surface area contributed by atoms with Gasteiger partial charge in [0.2, 0.25) is 0 Å². The molecular weight excluding hydrogens is 264 g/mol. The molecule has 1 aromatic rings. The molecule has 4 heteroatoms. The molecule has 0 aliphatic heterocycles. The van der Waals surface area contributed by atoms with Crippen molar-refractivity contribution in [2.24, 2.45) is 5.92 Å². The van der Waals surface area contributed by atoms with Gasteiger partial charge < -0.3 is 15.7 Å². The normalized spacial score (nSPS) is 18.7. The van der Waals surface area contributed by atoms with Gasteiger partial charge in [-0.05, 0) is 44.1 Å². The van der Waals surface area contributed by atoms with Crippen LogP contribution in [0.3, 0.4) is 0 Å². The molecule has 2 atom stereocenters. The van der Waals surface area contributed by atoms with Gasteiger partial charge >= 0.3 is 6.03 Å². The van der Waals surface area contributed by atoms with Crippen molar-refractivity contribution in [3.63, 3.8) is 0 Å². The lowest BCUT2D eigenvalue weighted by molar-refractivity contribution is 0.155. The number of carbonyl (C=O) groups is 1. The zero-order chi connectivity index (χ0) is 15.5. The van der Waals surface area contributed by atoms with Crippen molar-refractivity contribution in [1.82, 2.24) is 10.6 Å². The molecule has 0 heterocycles. The first-order valence-corrected chi connectivity index (χ1v) is 7.68. The quantitative estimate of drug-likeness (QED) is 0.754. The lowest BCUT2D eigenvalue weighted by Crippen LogP contribution is -2.54. The molecule has 0 radical (unpaired) electrons. The maximum Gasteiger partial charge on any atom is 0.315 e. The van der Waals surface area contributed by atoms with Crippen molar-refractivity contribution in [1.29, 1.82) is 0 Å². The van der Waals surface area contributed by atoms with Gasteiger partial charge in [-0.25, -0.2) is 4.79 Å². The van der Waals surface area contributed by atoms with Gasteiger partial charge in [-0.3, -0.25) is 0 Å². The Morgan fingerprint density at radius 3 is 2.52 bits per heavy atom. The van der Waals surface area contributed by atoms with E-state index in [0.717, 1.165) is 12.8 Å². The van der Waals surface area contributed by atoms with Crippen molar-refractivity contribution < 1.29 is 9.90 Å². The van der Waals surface area contributed by atoms with Crippen LogP contribution in [0.4, 0.5) is 4.79 Å². The van der Waals surface area contributed by atoms with Gasteiger partial charge in [0, 0.05) is 6.54 Å². The van der Waals surface area contributed by atoms with Crippen LogP contribution in [0.5, 0.6) is 0 Å². The fourth-order valence-electron chi connectivity index (χ4n) is 2.55. The predicted molar refractivity (Wildman–Crippen MR) is 84.3 cm³/mol. The summed E-state index contributed by atoms with van der Waals surface area (Å²) >= 11 is 0. The highest BCUT2D eigenvalue weighted by molar-refractivity contribution is 5.75. The average molecular weight is 290 g/mol. The number of aliphatic hydroxyl groups is 1. The van der Waals surface area contributed by atoms with E-state index in [2.05, 4.69) is 48.7 Å². The molecule has 0 saturated heterocycles. The van der Waals surface area contributed by atoms with Crippen LogP contribution in [0.2, 0.25) is 0 Å². The topological polar surface area (TPSA) is 61.4 Å². The number of urea groups is 1. The van der Waals surface area contributed by atoms with Gasteiger partial charge in [0.15, 0.2) is 0 Å². The van der Waals surface area contributed by atoms with Crippen LogP contribution < -0.4 is 10.6 Å². The van der Waals surface area contributed by atoms with Crippen molar-refractivity contribution in [3.05, 3.63) is 35.4 Å². The molecule has 2 amide bonds. The Morgan fingerprint density at radius 1 is 1.38 bits per heavy atom. The highest BCUT2D eigenvalue weighted by atomic mass is 16.3. The largest absolute Gasteiger partial charge is 0.394 e. The summed E-state index contributed by atoms with van der Waals surface area (Å²) in [6.07, 6.45) is 2.16. The summed E-state index contributed by atoms with van der Waals surface area (Å²) in [5.74, 6) is 0.667. The predicted octanol–water partition coefficient (Wildman–Crippen LogP) is 2.56. The number of aliphatic hydroxyl groups excluding tert-OH is 1. The molecule has 1 aromatic carbocycles. The molecule has 116 valence electrons. The van der Waals surface area contributed by atoms with Crippen LogP contribution in [-0.4, -0.2) is 29.8 Å². The first kappa shape index (κ1) is 15.8. The highest BCUT2D eigenvalue weighted by Crippen LogP contribution is 2.39. The molecule has 2 unspecified atom stereocenters. The Labute approximate surface area is 126 Å². The van der Waals surface area contributed by atoms with E-state index in [0.29, 0.717) is 12.5 Å². The van der Waals surface area contributed by atoms with E-state index in [-0.39, 0.29) is 18.6 Å². The Hall–Kier alpha value is -1.55. The first-order valence-electron chi connectivity index (χ1n) is 7.68. The van der Waals surface area contributed by atoms with Gasteiger partial charge in [-0.1, -0.05) is 36.8 Å². The summed E-state index contributed by atoms with van der Waals surface area (Å²) in [5.41, 5.74) is 1.96. The number of amides is 2. The van der Waals surface area contributed by atoms with E-state index < -0.39 is 5.54 Å². The molecule has 3 N–H and O–H groups in total. The van der Waals surface area contributed by atoms with Crippen LogP contribution in [0, 0.1) is 12.8 Å². The van der Waals surface area contributed by atoms with Crippen LogP contribution >= 0.6 is 0 Å². The van der Waals surface area contributed by atoms with E-state index >= 15 is 0 Å². The number of rotatable bonds is 6. The smallest absolute Gasteiger partial charge is 0.315 e. The minimum atomic E-state index is -0.489. The van der Waals surface area contributed by atoms with E-state index in [1.807, 2.05) is 6.92 Å². The third-order valence-electron chi connectivity index (χ3n) is 4.42. The molecule has 1 saturated carbocycles. The molecule has 1 aliphatic rings. The second-order valence-corrected chi connectivity index (χ2v) is 6.50. The number of nitrogens with one attached hydrogen (secondary N) is 2. The minimum absolute atomic E-state index is 0.0153. The van der Waals surface area contributed by atoms with Crippen LogP contribution in [-0.2, 0) is 0 Å². The summed E-state index contributed by atoms with van der Waals surface area (Å²) < 4.78 is 0. The van der Waals surface area contributed by atoms with Crippen molar-refractivity contribution in [2.45, 2.75) is 45.1 Å². The maximum absolute atomic E-state index is 12.0. The lowest BCUT2D eigenvalue weighted by atomic mass is 9.97. The Bertz CT molecular complexity index is 482. The number of carbonyl (C=O) groups excluding carboxylic acids is 1. The van der Waals surface area contributed by atoms with Crippen LogP contribution in [0.25, 0.3) is 0 Å². The molecule has 2 rings (SSSR count). The third kappa shape index (κ3) is 4.21. The lowest BCUT2D eigenvalue weighted by Gasteiger charge is -2.29. The molecule has 0 bridgehead atoms. The summed E-state index contributed by atoms with van der Waals surface area (Å²) in [7, 11) is 0. The van der Waals surface area contributed by atoms with Gasteiger partial charge in [-0.2, -0.15) is 0 Å². The summed E-state index contributed by atoms with van der Waals surface area (Å²) in [6, 6.07) is 8.17. The molecule has 21 heavy (non-hydrogen) atoms. The SMILES string of the molecule is Cc1ccc(C(C)CNC(=O)NC(C)(CO)C2CC2)cc1. The van der Waals surface area contributed by atoms with Gasteiger partial charge in [0.05, 0.1) is 12.1 Å². The standard InChI is InChI=1S/C17H26N2O2/c1-12-4-6-14(7-5-12)13(2)10-18-16(21)19-17(3,11-20)15-8-9-15/h4-7,13,15,20H,8-11H2,1-3H3,(H2,18,19,21). The molecular formula is C17H26N2O2. The number of hydrogen-bond acceptors (Lipinski definition) is 2. The summed E-state index contributed by atoms with van der Waals surface area (Å²) in [4.78, 5) is 12.0. The molecule has 0 spiro atoms.